The molecule has 0 aromatic rings. The van der Waals surface area contributed by atoms with E-state index in [1.165, 1.54) is 0 Å². The number of nitrogens with one attached hydrogen (secondary N) is 1. The summed E-state index contributed by atoms with van der Waals surface area (Å²) in [6.07, 6.45) is 8.17. The summed E-state index contributed by atoms with van der Waals surface area (Å²) in [6.45, 7) is 2.53. The highest BCUT2D eigenvalue weighted by Gasteiger charge is 2.17. The van der Waals surface area contributed by atoms with E-state index in [2.05, 4.69) is 17.5 Å². The van der Waals surface area contributed by atoms with Crippen molar-refractivity contribution in [3.63, 3.8) is 0 Å². The Hall–Kier alpha value is -0.830. The van der Waals surface area contributed by atoms with Crippen LogP contribution in [0.2, 0.25) is 0 Å². The van der Waals surface area contributed by atoms with Crippen LogP contribution in [0.5, 0.6) is 0 Å². The van der Waals surface area contributed by atoms with Gasteiger partial charge in [0.05, 0.1) is 6.10 Å². The van der Waals surface area contributed by atoms with Gasteiger partial charge in [0.2, 0.25) is 5.91 Å². The summed E-state index contributed by atoms with van der Waals surface area (Å²) in [7, 11) is 0. The molecule has 0 fully saturated rings. The maximum absolute atomic E-state index is 11.6. The van der Waals surface area contributed by atoms with Crippen molar-refractivity contribution in [1.82, 2.24) is 5.32 Å². The van der Waals surface area contributed by atoms with E-state index < -0.39 is 0 Å². The lowest BCUT2D eigenvalue weighted by Gasteiger charge is -2.17. The molecule has 0 saturated carbocycles. The van der Waals surface area contributed by atoms with E-state index in [1.54, 1.807) is 0 Å². The summed E-state index contributed by atoms with van der Waals surface area (Å²) in [5.41, 5.74) is 0. The van der Waals surface area contributed by atoms with E-state index in [0.717, 1.165) is 25.7 Å². The fourth-order valence-electron chi connectivity index (χ4n) is 1.74. The molecule has 0 aromatic carbocycles. The molecular weight excluding hydrogens is 190 g/mol. The van der Waals surface area contributed by atoms with Gasteiger partial charge in [0.25, 0.3) is 0 Å². The molecule has 3 nitrogen and oxygen atoms in total. The Kier molecular flexibility index (Phi) is 5.40. The van der Waals surface area contributed by atoms with E-state index in [0.29, 0.717) is 13.0 Å². The summed E-state index contributed by atoms with van der Waals surface area (Å²) in [6, 6.07) is 0. The van der Waals surface area contributed by atoms with Crippen molar-refractivity contribution in [2.45, 2.75) is 45.1 Å². The van der Waals surface area contributed by atoms with E-state index in [4.69, 9.17) is 0 Å². The normalized spacial score (nSPS) is 22.4. The van der Waals surface area contributed by atoms with Crippen LogP contribution in [0.1, 0.15) is 39.0 Å². The molecule has 1 rings (SSSR count). The summed E-state index contributed by atoms with van der Waals surface area (Å²) < 4.78 is 0. The Morgan fingerprint density at radius 3 is 3.00 bits per heavy atom. The van der Waals surface area contributed by atoms with Crippen molar-refractivity contribution >= 4 is 5.91 Å². The molecule has 3 heteroatoms. The van der Waals surface area contributed by atoms with Crippen LogP contribution in [0.25, 0.3) is 0 Å². The molecule has 0 saturated heterocycles. The SMILES string of the molecule is CCC(O)CCNC(=O)C1CC=CCC1. The van der Waals surface area contributed by atoms with Crippen LogP contribution in [0.15, 0.2) is 12.2 Å². The molecule has 0 heterocycles. The third-order valence-electron chi connectivity index (χ3n) is 2.89. The number of rotatable bonds is 5. The monoisotopic (exact) mass is 211 g/mol. The van der Waals surface area contributed by atoms with Crippen molar-refractivity contribution in [2.24, 2.45) is 5.92 Å². The zero-order chi connectivity index (χ0) is 11.1. The number of hydrogen-bond donors (Lipinski definition) is 2. The number of amides is 1. The zero-order valence-electron chi connectivity index (χ0n) is 9.41. The summed E-state index contributed by atoms with van der Waals surface area (Å²) >= 11 is 0. The average Bonchev–Trinajstić information content (AvgIpc) is 2.29. The second-order valence-corrected chi connectivity index (χ2v) is 4.12. The molecule has 0 bridgehead atoms. The van der Waals surface area contributed by atoms with Gasteiger partial charge < -0.3 is 10.4 Å². The number of aliphatic hydroxyl groups excluding tert-OH is 1. The van der Waals surface area contributed by atoms with Gasteiger partial charge >= 0.3 is 0 Å². The molecule has 1 aliphatic rings. The van der Waals surface area contributed by atoms with Gasteiger partial charge in [-0.15, -0.1) is 0 Å². The van der Waals surface area contributed by atoms with Gasteiger partial charge in [-0.1, -0.05) is 19.1 Å². The van der Waals surface area contributed by atoms with Gasteiger partial charge in [0.15, 0.2) is 0 Å². The van der Waals surface area contributed by atoms with Gasteiger partial charge in [-0.05, 0) is 32.1 Å². The number of carbonyl (C=O) groups is 1. The predicted molar refractivity (Wildman–Crippen MR) is 60.4 cm³/mol. The lowest BCUT2D eigenvalue weighted by molar-refractivity contribution is -0.125. The van der Waals surface area contributed by atoms with Crippen LogP contribution < -0.4 is 5.32 Å². The summed E-state index contributed by atoms with van der Waals surface area (Å²) in [5.74, 6) is 0.288. The molecule has 0 aromatic heterocycles. The summed E-state index contributed by atoms with van der Waals surface area (Å²) in [5, 5.41) is 12.2. The fraction of sp³-hybridized carbons (Fsp3) is 0.750. The van der Waals surface area contributed by atoms with E-state index in [1.807, 2.05) is 6.92 Å². The van der Waals surface area contributed by atoms with Crippen LogP contribution >= 0.6 is 0 Å². The topological polar surface area (TPSA) is 49.3 Å². The largest absolute Gasteiger partial charge is 0.393 e. The van der Waals surface area contributed by atoms with Crippen molar-refractivity contribution in [3.05, 3.63) is 12.2 Å². The highest BCUT2D eigenvalue weighted by atomic mass is 16.3. The standard InChI is InChI=1S/C12H21NO2/c1-2-11(14)8-9-13-12(15)10-6-4-3-5-7-10/h3-4,10-11,14H,2,5-9H2,1H3,(H,13,15). The van der Waals surface area contributed by atoms with Crippen LogP contribution in [-0.4, -0.2) is 23.7 Å². The lowest BCUT2D eigenvalue weighted by Crippen LogP contribution is -2.33. The first-order chi connectivity index (χ1) is 7.24. The number of carbonyl (C=O) groups excluding carboxylic acids is 1. The van der Waals surface area contributed by atoms with E-state index >= 15 is 0 Å². The van der Waals surface area contributed by atoms with Crippen molar-refractivity contribution in [3.8, 4) is 0 Å². The smallest absolute Gasteiger partial charge is 0.223 e. The molecule has 0 aliphatic heterocycles. The van der Waals surface area contributed by atoms with Gasteiger partial charge in [0.1, 0.15) is 0 Å². The third kappa shape index (κ3) is 4.47. The summed E-state index contributed by atoms with van der Waals surface area (Å²) in [4.78, 5) is 11.6. The molecule has 1 amide bonds. The fourth-order valence-corrected chi connectivity index (χ4v) is 1.74. The van der Waals surface area contributed by atoms with Gasteiger partial charge in [0, 0.05) is 12.5 Å². The first-order valence-corrected chi connectivity index (χ1v) is 5.84. The molecular formula is C12H21NO2. The van der Waals surface area contributed by atoms with Crippen LogP contribution in [0.3, 0.4) is 0 Å². The minimum Gasteiger partial charge on any atom is -0.393 e. The minimum atomic E-state index is -0.281. The number of allylic oxidation sites excluding steroid dienone is 2. The van der Waals surface area contributed by atoms with Crippen LogP contribution in [0.4, 0.5) is 0 Å². The van der Waals surface area contributed by atoms with E-state index in [-0.39, 0.29) is 17.9 Å². The molecule has 2 atom stereocenters. The Balaban J connectivity index is 2.15. The van der Waals surface area contributed by atoms with E-state index in [9.17, 15) is 9.90 Å². The molecule has 0 radical (unpaired) electrons. The highest BCUT2D eigenvalue weighted by Crippen LogP contribution is 2.17. The Bertz CT molecular complexity index is 226. The predicted octanol–water partition coefficient (Wildman–Crippen LogP) is 1.62. The zero-order valence-corrected chi connectivity index (χ0v) is 9.41. The Morgan fingerprint density at radius 1 is 1.60 bits per heavy atom. The van der Waals surface area contributed by atoms with Crippen molar-refractivity contribution in [1.29, 1.82) is 0 Å². The number of aliphatic hydroxyl groups is 1. The maximum Gasteiger partial charge on any atom is 0.223 e. The molecule has 15 heavy (non-hydrogen) atoms. The highest BCUT2D eigenvalue weighted by molar-refractivity contribution is 5.78. The molecule has 1 aliphatic carbocycles. The molecule has 86 valence electrons. The third-order valence-corrected chi connectivity index (χ3v) is 2.89. The van der Waals surface area contributed by atoms with Gasteiger partial charge in [-0.3, -0.25) is 4.79 Å². The molecule has 2 unspecified atom stereocenters. The second kappa shape index (κ2) is 6.62. The first-order valence-electron chi connectivity index (χ1n) is 5.84. The second-order valence-electron chi connectivity index (χ2n) is 4.12. The van der Waals surface area contributed by atoms with Gasteiger partial charge in [-0.2, -0.15) is 0 Å². The number of hydrogen-bond acceptors (Lipinski definition) is 2. The van der Waals surface area contributed by atoms with Crippen LogP contribution in [0, 0.1) is 5.92 Å². The Morgan fingerprint density at radius 2 is 2.40 bits per heavy atom. The minimum absolute atomic E-state index is 0.141. The average molecular weight is 211 g/mol. The first kappa shape index (κ1) is 12.2. The van der Waals surface area contributed by atoms with Gasteiger partial charge in [-0.25, -0.2) is 0 Å². The Labute approximate surface area is 91.6 Å². The van der Waals surface area contributed by atoms with Crippen molar-refractivity contribution < 1.29 is 9.90 Å². The molecule has 0 spiro atoms. The molecule has 2 N–H and O–H groups in total. The quantitative estimate of drug-likeness (QED) is 0.679. The van der Waals surface area contributed by atoms with Crippen molar-refractivity contribution in [2.75, 3.05) is 6.54 Å². The maximum atomic E-state index is 11.6. The van der Waals surface area contributed by atoms with Crippen LogP contribution in [-0.2, 0) is 4.79 Å². The lowest BCUT2D eigenvalue weighted by atomic mass is 9.93.